The molecule has 0 aliphatic heterocycles. The predicted molar refractivity (Wildman–Crippen MR) is 80.5 cm³/mol. The van der Waals surface area contributed by atoms with Gasteiger partial charge in [0, 0.05) is 15.6 Å². The fourth-order valence-electron chi connectivity index (χ4n) is 1.64. The van der Waals surface area contributed by atoms with Crippen molar-refractivity contribution < 1.29 is 9.00 Å². The van der Waals surface area contributed by atoms with Crippen LogP contribution < -0.4 is 5.32 Å². The van der Waals surface area contributed by atoms with Crippen molar-refractivity contribution in [3.63, 3.8) is 0 Å². The zero-order valence-electron chi connectivity index (χ0n) is 10.5. The van der Waals surface area contributed by atoms with Crippen molar-refractivity contribution >= 4 is 32.9 Å². The molecule has 20 heavy (non-hydrogen) atoms. The molecule has 1 atom stereocenters. The summed E-state index contributed by atoms with van der Waals surface area (Å²) in [5, 5.41) is 3.16. The molecule has 2 rings (SSSR count). The van der Waals surface area contributed by atoms with E-state index in [1.165, 1.54) is 0 Å². The molecule has 0 saturated carbocycles. The van der Waals surface area contributed by atoms with Gasteiger partial charge in [-0.15, -0.1) is 0 Å². The van der Waals surface area contributed by atoms with Crippen molar-refractivity contribution in [1.29, 1.82) is 4.78 Å². The molecule has 0 aliphatic rings. The number of hydrogen-bond acceptors (Lipinski definition) is 3. The molecule has 1 unspecified atom stereocenters. The number of nitrogens with one attached hydrogen (secondary N) is 2. The molecule has 0 radical (unpaired) electrons. The molecule has 0 saturated heterocycles. The Labute approximate surface area is 122 Å². The van der Waals surface area contributed by atoms with E-state index in [0.717, 1.165) is 0 Å². The lowest BCUT2D eigenvalue weighted by Crippen LogP contribution is -2.22. The third-order valence-electron chi connectivity index (χ3n) is 2.59. The Kier molecular flexibility index (Phi) is 4.42. The van der Waals surface area contributed by atoms with E-state index in [1.807, 2.05) is 0 Å². The highest BCUT2D eigenvalue weighted by molar-refractivity contribution is 7.93. The molecule has 2 N–H and O–H groups in total. The first-order valence-electron chi connectivity index (χ1n) is 5.84. The van der Waals surface area contributed by atoms with Gasteiger partial charge in [-0.3, -0.25) is 4.79 Å². The summed E-state index contributed by atoms with van der Waals surface area (Å²) in [6.07, 6.45) is 0. The Balaban J connectivity index is 2.06. The van der Waals surface area contributed by atoms with Crippen LogP contribution in [0, 0.1) is 4.78 Å². The summed E-state index contributed by atoms with van der Waals surface area (Å²) in [4.78, 5) is 12.2. The average Bonchev–Trinajstić information content (AvgIpc) is 2.42. The second-order valence-electron chi connectivity index (χ2n) is 4.19. The number of halogens is 1. The zero-order valence-corrected chi connectivity index (χ0v) is 12.1. The number of hydrogen-bond donors (Lipinski definition) is 2. The predicted octanol–water partition coefficient (Wildman–Crippen LogP) is 3.38. The van der Waals surface area contributed by atoms with Crippen LogP contribution in [-0.2, 0) is 14.5 Å². The van der Waals surface area contributed by atoms with E-state index in [0.29, 0.717) is 15.6 Å². The third kappa shape index (κ3) is 3.82. The number of anilines is 1. The van der Waals surface area contributed by atoms with E-state index in [2.05, 4.69) is 5.32 Å². The van der Waals surface area contributed by atoms with Crippen LogP contribution in [0.15, 0.2) is 59.5 Å². The Hall–Kier alpha value is -1.85. The van der Waals surface area contributed by atoms with Crippen molar-refractivity contribution in [3.8, 4) is 0 Å². The van der Waals surface area contributed by atoms with E-state index < -0.39 is 15.6 Å². The van der Waals surface area contributed by atoms with Crippen LogP contribution in [0.25, 0.3) is 0 Å². The first-order valence-corrected chi connectivity index (χ1v) is 7.95. The Bertz CT molecular complexity index is 698. The molecule has 0 spiro atoms. The zero-order chi connectivity index (χ0) is 14.6. The molecule has 0 aromatic heterocycles. The molecular formula is C14H13ClN2O2S. The van der Waals surface area contributed by atoms with Gasteiger partial charge in [0.15, 0.2) is 0 Å². The Morgan fingerprint density at radius 1 is 1.10 bits per heavy atom. The number of carbonyl (C=O) groups is 1. The summed E-state index contributed by atoms with van der Waals surface area (Å²) in [6, 6.07) is 14.9. The maximum absolute atomic E-state index is 12.2. The van der Waals surface area contributed by atoms with Crippen molar-refractivity contribution in [1.82, 2.24) is 0 Å². The third-order valence-corrected chi connectivity index (χ3v) is 4.54. The van der Waals surface area contributed by atoms with Gasteiger partial charge < -0.3 is 5.32 Å². The number of benzene rings is 2. The summed E-state index contributed by atoms with van der Waals surface area (Å²) < 4.78 is 20.1. The topological polar surface area (TPSA) is 70.0 Å². The minimum Gasteiger partial charge on any atom is -0.325 e. The standard InChI is InChI=1S/C14H13ClN2O2S/c15-11-6-8-12(9-7-11)17-14(18)10-20(16,19)13-4-2-1-3-5-13/h1-9,16H,10H2,(H,17,18). The molecular weight excluding hydrogens is 296 g/mol. The number of carbonyl (C=O) groups excluding carboxylic acids is 1. The SMILES string of the molecule is N=S(=O)(CC(=O)Nc1ccc(Cl)cc1)c1ccccc1. The van der Waals surface area contributed by atoms with E-state index in [1.54, 1.807) is 54.6 Å². The molecule has 6 heteroatoms. The molecule has 104 valence electrons. The van der Waals surface area contributed by atoms with Gasteiger partial charge in [-0.2, -0.15) is 0 Å². The first kappa shape index (κ1) is 14.6. The summed E-state index contributed by atoms with van der Waals surface area (Å²) in [6.45, 7) is 0. The van der Waals surface area contributed by atoms with Crippen LogP contribution in [0.5, 0.6) is 0 Å². The van der Waals surface area contributed by atoms with Crippen LogP contribution >= 0.6 is 11.6 Å². The van der Waals surface area contributed by atoms with Gasteiger partial charge in [0.25, 0.3) is 0 Å². The van der Waals surface area contributed by atoms with Gasteiger partial charge >= 0.3 is 0 Å². The van der Waals surface area contributed by atoms with Gasteiger partial charge in [0.2, 0.25) is 5.91 Å². The maximum atomic E-state index is 12.2. The molecule has 2 aromatic rings. The minimum atomic E-state index is -3.13. The van der Waals surface area contributed by atoms with Crippen LogP contribution in [0.3, 0.4) is 0 Å². The van der Waals surface area contributed by atoms with E-state index in [-0.39, 0.29) is 5.75 Å². The largest absolute Gasteiger partial charge is 0.325 e. The summed E-state index contributed by atoms with van der Waals surface area (Å²) in [7, 11) is -3.13. The van der Waals surface area contributed by atoms with Crippen LogP contribution in [0.1, 0.15) is 0 Å². The molecule has 0 fully saturated rings. The van der Waals surface area contributed by atoms with Gasteiger partial charge in [-0.1, -0.05) is 29.8 Å². The lowest BCUT2D eigenvalue weighted by atomic mass is 10.3. The summed E-state index contributed by atoms with van der Waals surface area (Å²) in [5.41, 5.74) is 0.558. The average molecular weight is 309 g/mol. The second kappa shape index (κ2) is 6.07. The lowest BCUT2D eigenvalue weighted by molar-refractivity contribution is -0.113. The fourth-order valence-corrected chi connectivity index (χ4v) is 2.97. The highest BCUT2D eigenvalue weighted by atomic mass is 35.5. The Morgan fingerprint density at radius 2 is 1.70 bits per heavy atom. The lowest BCUT2D eigenvalue weighted by Gasteiger charge is -2.08. The Morgan fingerprint density at radius 3 is 2.30 bits per heavy atom. The maximum Gasteiger partial charge on any atom is 0.238 e. The van der Waals surface area contributed by atoms with Crippen molar-refractivity contribution in [2.24, 2.45) is 0 Å². The highest BCUT2D eigenvalue weighted by Crippen LogP contribution is 2.15. The monoisotopic (exact) mass is 308 g/mol. The van der Waals surface area contributed by atoms with Gasteiger partial charge in [-0.05, 0) is 36.4 Å². The number of rotatable bonds is 4. The summed E-state index contributed by atoms with van der Waals surface area (Å²) >= 11 is 5.75. The van der Waals surface area contributed by atoms with Crippen molar-refractivity contribution in [2.45, 2.75) is 4.90 Å². The van der Waals surface area contributed by atoms with Crippen LogP contribution in [-0.4, -0.2) is 15.9 Å². The van der Waals surface area contributed by atoms with Gasteiger partial charge in [0.05, 0.1) is 9.73 Å². The molecule has 0 bridgehead atoms. The van der Waals surface area contributed by atoms with E-state index in [9.17, 15) is 9.00 Å². The first-order chi connectivity index (χ1) is 9.47. The molecule has 0 aliphatic carbocycles. The van der Waals surface area contributed by atoms with Gasteiger partial charge in [0.1, 0.15) is 5.75 Å². The van der Waals surface area contributed by atoms with Crippen LogP contribution in [0.4, 0.5) is 5.69 Å². The quantitative estimate of drug-likeness (QED) is 0.909. The molecule has 1 amide bonds. The van der Waals surface area contributed by atoms with Crippen molar-refractivity contribution in [2.75, 3.05) is 11.1 Å². The highest BCUT2D eigenvalue weighted by Gasteiger charge is 2.15. The smallest absolute Gasteiger partial charge is 0.238 e. The number of amides is 1. The fraction of sp³-hybridized carbons (Fsp3) is 0.0714. The summed E-state index contributed by atoms with van der Waals surface area (Å²) in [5.74, 6) is -0.837. The molecule has 0 heterocycles. The van der Waals surface area contributed by atoms with E-state index in [4.69, 9.17) is 16.4 Å². The van der Waals surface area contributed by atoms with Crippen molar-refractivity contribution in [3.05, 3.63) is 59.6 Å². The molecule has 2 aromatic carbocycles. The minimum absolute atomic E-state index is 0.353. The normalized spacial score (nSPS) is 13.4. The second-order valence-corrected chi connectivity index (χ2v) is 6.73. The van der Waals surface area contributed by atoms with Gasteiger partial charge in [-0.25, -0.2) is 8.99 Å². The van der Waals surface area contributed by atoms with Crippen LogP contribution in [0.2, 0.25) is 5.02 Å². The molecule has 4 nitrogen and oxygen atoms in total. The van der Waals surface area contributed by atoms with E-state index >= 15 is 0 Å².